The van der Waals surface area contributed by atoms with Gasteiger partial charge >= 0.3 is 0 Å². The Morgan fingerprint density at radius 2 is 1.19 bits per heavy atom. The highest BCUT2D eigenvalue weighted by molar-refractivity contribution is 5.44. The van der Waals surface area contributed by atoms with Gasteiger partial charge in [0.05, 0.1) is 0 Å². The molecule has 0 atom stereocenters. The number of rotatable bonds is 4. The number of hydrogen-bond donors (Lipinski definition) is 0. The monoisotopic (exact) mass is 280 g/mol. The molecule has 2 rings (SSSR count). The lowest BCUT2D eigenvalue weighted by Crippen LogP contribution is -1.91. The Bertz CT molecular complexity index is 679. The van der Waals surface area contributed by atoms with Gasteiger partial charge < -0.3 is 14.2 Å². The first kappa shape index (κ1) is 14.2. The van der Waals surface area contributed by atoms with Gasteiger partial charge in [-0.2, -0.15) is 0 Å². The number of benzene rings is 2. The molecule has 0 saturated carbocycles. The molecular weight excluding hydrogens is 268 g/mol. The summed E-state index contributed by atoms with van der Waals surface area (Å²) in [5, 5.41) is 17.0. The average molecular weight is 280 g/mol. The molecule has 0 saturated heterocycles. The van der Waals surface area contributed by atoms with Crippen molar-refractivity contribution in [3.05, 3.63) is 47.5 Å². The lowest BCUT2D eigenvalue weighted by molar-refractivity contribution is 0.469. The second-order valence-corrected chi connectivity index (χ2v) is 4.34. The fraction of sp³-hybridized carbons (Fsp3) is 0.125. The molecule has 21 heavy (non-hydrogen) atoms. The first-order valence-corrected chi connectivity index (χ1v) is 6.15. The highest BCUT2D eigenvalue weighted by Crippen LogP contribution is 2.30. The Morgan fingerprint density at radius 1 is 0.762 bits per heavy atom. The molecule has 0 unspecified atom stereocenters. The van der Waals surface area contributed by atoms with Crippen LogP contribution >= 0.6 is 0 Å². The van der Waals surface area contributed by atoms with Gasteiger partial charge in [-0.25, -0.2) is 0 Å². The van der Waals surface area contributed by atoms with E-state index < -0.39 is 0 Å². The molecule has 0 aliphatic carbocycles. The average Bonchev–Trinajstić information content (AvgIpc) is 2.45. The first-order chi connectivity index (χ1) is 10.1. The predicted molar refractivity (Wildman–Crippen MR) is 74.9 cm³/mol. The van der Waals surface area contributed by atoms with E-state index >= 15 is 0 Å². The molecule has 0 fully saturated rings. The van der Waals surface area contributed by atoms with Crippen molar-refractivity contribution in [3.8, 4) is 35.5 Å². The molecule has 5 nitrogen and oxygen atoms in total. The summed E-state index contributed by atoms with van der Waals surface area (Å²) in [4.78, 5) is 0. The van der Waals surface area contributed by atoms with Crippen LogP contribution in [0, 0.1) is 36.9 Å². The third kappa shape index (κ3) is 3.43. The van der Waals surface area contributed by atoms with Crippen molar-refractivity contribution in [1.29, 1.82) is 10.5 Å². The van der Waals surface area contributed by atoms with E-state index in [0.717, 1.165) is 11.1 Å². The van der Waals surface area contributed by atoms with E-state index in [1.807, 2.05) is 13.8 Å². The van der Waals surface area contributed by atoms with E-state index in [0.29, 0.717) is 23.0 Å². The van der Waals surface area contributed by atoms with E-state index in [1.165, 1.54) is 0 Å². The summed E-state index contributed by atoms with van der Waals surface area (Å²) in [5.41, 5.74) is 1.60. The maximum Gasteiger partial charge on any atom is 0.292 e. The molecule has 0 bridgehead atoms. The van der Waals surface area contributed by atoms with E-state index in [4.69, 9.17) is 24.7 Å². The van der Waals surface area contributed by atoms with Crippen LogP contribution in [0.2, 0.25) is 0 Å². The number of ether oxygens (including phenoxy) is 3. The molecule has 0 amide bonds. The van der Waals surface area contributed by atoms with Crippen LogP contribution in [0.5, 0.6) is 23.0 Å². The second-order valence-electron chi connectivity index (χ2n) is 4.34. The molecule has 0 aliphatic heterocycles. The third-order valence-electron chi connectivity index (χ3n) is 2.84. The SMILES string of the molecule is Cc1cc(Oc2ccc(OC#N)c(C)c2)ccc1OC#N. The van der Waals surface area contributed by atoms with E-state index in [9.17, 15) is 0 Å². The van der Waals surface area contributed by atoms with Crippen molar-refractivity contribution in [2.24, 2.45) is 0 Å². The van der Waals surface area contributed by atoms with Gasteiger partial charge in [0.1, 0.15) is 23.0 Å². The van der Waals surface area contributed by atoms with Crippen LogP contribution in [0.3, 0.4) is 0 Å². The molecule has 2 aromatic rings. The van der Waals surface area contributed by atoms with E-state index in [-0.39, 0.29) is 0 Å². The molecular formula is C16H12N2O3. The maximum absolute atomic E-state index is 8.51. The van der Waals surface area contributed by atoms with Crippen LogP contribution in [-0.2, 0) is 0 Å². The van der Waals surface area contributed by atoms with Crippen LogP contribution in [-0.4, -0.2) is 0 Å². The van der Waals surface area contributed by atoms with E-state index in [2.05, 4.69) is 0 Å². The van der Waals surface area contributed by atoms with Crippen molar-refractivity contribution in [1.82, 2.24) is 0 Å². The highest BCUT2D eigenvalue weighted by atomic mass is 16.5. The molecule has 0 radical (unpaired) electrons. The number of aryl methyl sites for hydroxylation is 2. The fourth-order valence-corrected chi connectivity index (χ4v) is 1.83. The zero-order chi connectivity index (χ0) is 15.2. The van der Waals surface area contributed by atoms with Gasteiger partial charge in [0.15, 0.2) is 0 Å². The zero-order valence-corrected chi connectivity index (χ0v) is 11.6. The predicted octanol–water partition coefficient (Wildman–Crippen LogP) is 3.82. The standard InChI is InChI=1S/C16H12N2O3/c1-11-7-13(3-5-15(11)19-9-17)21-14-4-6-16(20-10-18)12(2)8-14/h3-8H,1-2H3. The highest BCUT2D eigenvalue weighted by Gasteiger charge is 2.06. The molecule has 0 spiro atoms. The van der Waals surface area contributed by atoms with Gasteiger partial charge in [0, 0.05) is 0 Å². The zero-order valence-electron chi connectivity index (χ0n) is 11.6. The molecule has 0 N–H and O–H groups in total. The quantitative estimate of drug-likeness (QED) is 0.796. The molecule has 0 heterocycles. The number of nitrogens with zero attached hydrogens (tertiary/aromatic N) is 2. The summed E-state index contributed by atoms with van der Waals surface area (Å²) in [7, 11) is 0. The van der Waals surface area contributed by atoms with Crippen LogP contribution in [0.1, 0.15) is 11.1 Å². The summed E-state index contributed by atoms with van der Waals surface area (Å²) >= 11 is 0. The Hall–Kier alpha value is -3.18. The summed E-state index contributed by atoms with van der Waals surface area (Å²) in [6, 6.07) is 10.3. The fourth-order valence-electron chi connectivity index (χ4n) is 1.83. The van der Waals surface area contributed by atoms with Gasteiger partial charge in [0.2, 0.25) is 0 Å². The molecule has 5 heteroatoms. The van der Waals surface area contributed by atoms with Crippen LogP contribution < -0.4 is 14.2 Å². The van der Waals surface area contributed by atoms with Crippen molar-refractivity contribution in [2.45, 2.75) is 13.8 Å². The largest absolute Gasteiger partial charge is 0.457 e. The minimum Gasteiger partial charge on any atom is -0.457 e. The topological polar surface area (TPSA) is 75.3 Å². The van der Waals surface area contributed by atoms with Gasteiger partial charge in [0.25, 0.3) is 12.5 Å². The van der Waals surface area contributed by atoms with Crippen LogP contribution in [0.15, 0.2) is 36.4 Å². The summed E-state index contributed by atoms with van der Waals surface area (Å²) in [6.07, 6.45) is 3.28. The molecule has 2 aromatic carbocycles. The minimum absolute atomic E-state index is 0.499. The van der Waals surface area contributed by atoms with Crippen molar-refractivity contribution in [3.63, 3.8) is 0 Å². The summed E-state index contributed by atoms with van der Waals surface area (Å²) in [6.45, 7) is 3.66. The third-order valence-corrected chi connectivity index (χ3v) is 2.84. The first-order valence-electron chi connectivity index (χ1n) is 6.15. The molecule has 0 aromatic heterocycles. The summed E-state index contributed by atoms with van der Waals surface area (Å²) in [5.74, 6) is 2.26. The normalized spacial score (nSPS) is 9.33. The van der Waals surface area contributed by atoms with Crippen molar-refractivity contribution in [2.75, 3.05) is 0 Å². The van der Waals surface area contributed by atoms with Gasteiger partial charge in [-0.3, -0.25) is 0 Å². The van der Waals surface area contributed by atoms with Crippen molar-refractivity contribution < 1.29 is 14.2 Å². The van der Waals surface area contributed by atoms with Gasteiger partial charge in [-0.1, -0.05) is 0 Å². The van der Waals surface area contributed by atoms with Gasteiger partial charge in [-0.15, -0.1) is 10.5 Å². The Labute approximate surface area is 122 Å². The smallest absolute Gasteiger partial charge is 0.292 e. The Morgan fingerprint density at radius 3 is 1.52 bits per heavy atom. The lowest BCUT2D eigenvalue weighted by Gasteiger charge is -2.09. The van der Waals surface area contributed by atoms with Crippen LogP contribution in [0.25, 0.3) is 0 Å². The van der Waals surface area contributed by atoms with Crippen LogP contribution in [0.4, 0.5) is 0 Å². The Balaban J connectivity index is 2.19. The number of nitriles is 2. The summed E-state index contributed by atoms with van der Waals surface area (Å²) < 4.78 is 15.3. The molecule has 0 aliphatic rings. The number of hydrogen-bond acceptors (Lipinski definition) is 5. The Kier molecular flexibility index (Phi) is 4.28. The minimum atomic E-state index is 0.499. The molecule has 104 valence electrons. The van der Waals surface area contributed by atoms with E-state index in [1.54, 1.807) is 48.9 Å². The second kappa shape index (κ2) is 6.31. The van der Waals surface area contributed by atoms with Crippen molar-refractivity contribution >= 4 is 0 Å². The van der Waals surface area contributed by atoms with Gasteiger partial charge in [-0.05, 0) is 61.4 Å². The maximum atomic E-state index is 8.51. The lowest BCUT2D eigenvalue weighted by atomic mass is 10.2.